The number of hydrogen-bond donors (Lipinski definition) is 1. The molecule has 2 unspecified atom stereocenters. The standard InChI is InChI=1S/C13H15N3O3/c1-9-13(2,5-6-19-9)15-11-4-3-10(8-14)7-12(11)16(17)18/h3-4,7,9,15H,5-6H2,1-2H3. The van der Waals surface area contributed by atoms with Gasteiger partial charge in [-0.25, -0.2) is 0 Å². The summed E-state index contributed by atoms with van der Waals surface area (Å²) in [6, 6.07) is 6.33. The minimum atomic E-state index is -0.479. The van der Waals surface area contributed by atoms with Crippen LogP contribution in [0.1, 0.15) is 25.8 Å². The van der Waals surface area contributed by atoms with Gasteiger partial charge in [-0.15, -0.1) is 0 Å². The van der Waals surface area contributed by atoms with Crippen LogP contribution in [-0.4, -0.2) is 23.2 Å². The third-order valence-corrected chi connectivity index (χ3v) is 3.63. The van der Waals surface area contributed by atoms with Crippen LogP contribution < -0.4 is 5.32 Å². The van der Waals surface area contributed by atoms with E-state index < -0.39 is 4.92 Å². The van der Waals surface area contributed by atoms with Crippen LogP contribution in [-0.2, 0) is 4.74 Å². The SMILES string of the molecule is CC1OCCC1(C)Nc1ccc(C#N)cc1[N+](=O)[O-]. The maximum Gasteiger partial charge on any atom is 0.293 e. The fourth-order valence-corrected chi connectivity index (χ4v) is 2.16. The number of anilines is 1. The van der Waals surface area contributed by atoms with Crippen LogP contribution in [0.2, 0.25) is 0 Å². The summed E-state index contributed by atoms with van der Waals surface area (Å²) in [5.74, 6) is 0. The predicted octanol–water partition coefficient (Wildman–Crippen LogP) is 2.45. The topological polar surface area (TPSA) is 88.2 Å². The van der Waals surface area contributed by atoms with Crippen molar-refractivity contribution in [1.29, 1.82) is 5.26 Å². The molecular formula is C13H15N3O3. The largest absolute Gasteiger partial charge is 0.376 e. The minimum Gasteiger partial charge on any atom is -0.376 e. The van der Waals surface area contributed by atoms with Gasteiger partial charge in [0.1, 0.15) is 5.69 Å². The Morgan fingerprint density at radius 1 is 1.63 bits per heavy atom. The first-order valence-electron chi connectivity index (χ1n) is 6.04. The Morgan fingerprint density at radius 2 is 2.37 bits per heavy atom. The van der Waals surface area contributed by atoms with Gasteiger partial charge in [0, 0.05) is 12.7 Å². The molecule has 2 rings (SSSR count). The quantitative estimate of drug-likeness (QED) is 0.666. The highest BCUT2D eigenvalue weighted by molar-refractivity contribution is 5.65. The molecule has 6 nitrogen and oxygen atoms in total. The first-order valence-corrected chi connectivity index (χ1v) is 6.04. The Hall–Kier alpha value is -2.13. The molecule has 0 radical (unpaired) electrons. The molecule has 1 aromatic rings. The lowest BCUT2D eigenvalue weighted by Crippen LogP contribution is -2.41. The maximum absolute atomic E-state index is 11.1. The zero-order valence-electron chi connectivity index (χ0n) is 10.8. The van der Waals surface area contributed by atoms with Crippen LogP contribution in [0.3, 0.4) is 0 Å². The Bertz CT molecular complexity index is 553. The van der Waals surface area contributed by atoms with E-state index in [0.717, 1.165) is 6.42 Å². The van der Waals surface area contributed by atoms with E-state index in [-0.39, 0.29) is 22.9 Å². The summed E-state index contributed by atoms with van der Waals surface area (Å²) in [6.45, 7) is 4.55. The van der Waals surface area contributed by atoms with Gasteiger partial charge in [0.2, 0.25) is 0 Å². The highest BCUT2D eigenvalue weighted by Gasteiger charge is 2.38. The molecule has 1 aromatic carbocycles. The van der Waals surface area contributed by atoms with Crippen molar-refractivity contribution in [1.82, 2.24) is 0 Å². The van der Waals surface area contributed by atoms with Crippen molar-refractivity contribution in [3.8, 4) is 6.07 Å². The molecule has 1 fully saturated rings. The van der Waals surface area contributed by atoms with Gasteiger partial charge in [0.15, 0.2) is 0 Å². The van der Waals surface area contributed by atoms with E-state index in [1.807, 2.05) is 19.9 Å². The average molecular weight is 261 g/mol. The highest BCUT2D eigenvalue weighted by atomic mass is 16.6. The molecule has 0 aliphatic carbocycles. The molecule has 0 spiro atoms. The second-order valence-electron chi connectivity index (χ2n) is 4.91. The van der Waals surface area contributed by atoms with Gasteiger partial charge in [-0.1, -0.05) is 0 Å². The molecular weight excluding hydrogens is 246 g/mol. The molecule has 1 N–H and O–H groups in total. The second kappa shape index (κ2) is 4.86. The first kappa shape index (κ1) is 13.3. The smallest absolute Gasteiger partial charge is 0.293 e. The Labute approximate surface area is 111 Å². The number of hydrogen-bond acceptors (Lipinski definition) is 5. The van der Waals surface area contributed by atoms with Crippen LogP contribution in [0.4, 0.5) is 11.4 Å². The van der Waals surface area contributed by atoms with E-state index >= 15 is 0 Å². The summed E-state index contributed by atoms with van der Waals surface area (Å²) in [5, 5.41) is 23.1. The van der Waals surface area contributed by atoms with Crippen molar-refractivity contribution in [2.24, 2.45) is 0 Å². The zero-order valence-corrected chi connectivity index (χ0v) is 10.8. The summed E-state index contributed by atoms with van der Waals surface area (Å²) in [7, 11) is 0. The van der Waals surface area contributed by atoms with Crippen LogP contribution in [0.25, 0.3) is 0 Å². The number of benzene rings is 1. The van der Waals surface area contributed by atoms with Crippen LogP contribution >= 0.6 is 0 Å². The molecule has 2 atom stereocenters. The molecule has 100 valence electrons. The molecule has 1 saturated heterocycles. The predicted molar refractivity (Wildman–Crippen MR) is 69.9 cm³/mol. The maximum atomic E-state index is 11.1. The first-order chi connectivity index (χ1) is 8.96. The fraction of sp³-hybridized carbons (Fsp3) is 0.462. The number of rotatable bonds is 3. The van der Waals surface area contributed by atoms with Crippen molar-refractivity contribution >= 4 is 11.4 Å². The van der Waals surface area contributed by atoms with Crippen molar-refractivity contribution in [3.63, 3.8) is 0 Å². The fourth-order valence-electron chi connectivity index (χ4n) is 2.16. The number of nitriles is 1. The zero-order chi connectivity index (χ0) is 14.0. The average Bonchev–Trinajstić information content (AvgIpc) is 2.69. The molecule has 0 amide bonds. The van der Waals surface area contributed by atoms with Gasteiger partial charge < -0.3 is 10.1 Å². The highest BCUT2D eigenvalue weighted by Crippen LogP contribution is 2.34. The summed E-state index contributed by atoms with van der Waals surface area (Å²) >= 11 is 0. The Kier molecular flexibility index (Phi) is 3.40. The van der Waals surface area contributed by atoms with Crippen molar-refractivity contribution in [2.45, 2.75) is 31.9 Å². The van der Waals surface area contributed by atoms with E-state index in [1.165, 1.54) is 6.07 Å². The Balaban J connectivity index is 2.35. The molecule has 0 aromatic heterocycles. The van der Waals surface area contributed by atoms with E-state index in [9.17, 15) is 10.1 Å². The monoisotopic (exact) mass is 261 g/mol. The summed E-state index contributed by atoms with van der Waals surface area (Å²) < 4.78 is 5.50. The van der Waals surface area contributed by atoms with Gasteiger partial charge in [0.25, 0.3) is 5.69 Å². The molecule has 19 heavy (non-hydrogen) atoms. The van der Waals surface area contributed by atoms with Gasteiger partial charge in [-0.3, -0.25) is 10.1 Å². The molecule has 1 heterocycles. The lowest BCUT2D eigenvalue weighted by atomic mass is 9.94. The van der Waals surface area contributed by atoms with Crippen LogP contribution in [0.15, 0.2) is 18.2 Å². The van der Waals surface area contributed by atoms with E-state index in [1.54, 1.807) is 12.1 Å². The van der Waals surface area contributed by atoms with E-state index in [0.29, 0.717) is 12.3 Å². The lowest BCUT2D eigenvalue weighted by molar-refractivity contribution is -0.384. The van der Waals surface area contributed by atoms with Gasteiger partial charge in [-0.2, -0.15) is 5.26 Å². The summed E-state index contributed by atoms with van der Waals surface area (Å²) in [6.07, 6.45) is 0.758. The third kappa shape index (κ3) is 2.51. The molecule has 1 aliphatic rings. The van der Waals surface area contributed by atoms with Crippen molar-refractivity contribution in [3.05, 3.63) is 33.9 Å². The van der Waals surface area contributed by atoms with E-state index in [4.69, 9.17) is 10.00 Å². The Morgan fingerprint density at radius 3 is 2.89 bits per heavy atom. The molecule has 6 heteroatoms. The summed E-state index contributed by atoms with van der Waals surface area (Å²) in [5.41, 5.74) is 0.278. The van der Waals surface area contributed by atoms with Crippen molar-refractivity contribution < 1.29 is 9.66 Å². The lowest BCUT2D eigenvalue weighted by Gasteiger charge is -2.29. The van der Waals surface area contributed by atoms with Crippen LogP contribution in [0.5, 0.6) is 0 Å². The van der Waals surface area contributed by atoms with Gasteiger partial charge in [0.05, 0.1) is 28.2 Å². The minimum absolute atomic E-state index is 0.0252. The number of nitro groups is 1. The molecule has 0 saturated carbocycles. The van der Waals surface area contributed by atoms with Gasteiger partial charge in [-0.05, 0) is 32.4 Å². The van der Waals surface area contributed by atoms with E-state index in [2.05, 4.69) is 5.32 Å². The third-order valence-electron chi connectivity index (χ3n) is 3.63. The second-order valence-corrected chi connectivity index (χ2v) is 4.91. The molecule has 0 bridgehead atoms. The van der Waals surface area contributed by atoms with Gasteiger partial charge >= 0.3 is 0 Å². The van der Waals surface area contributed by atoms with Crippen LogP contribution in [0, 0.1) is 21.4 Å². The number of ether oxygens (including phenoxy) is 1. The number of nitro benzene ring substituents is 1. The molecule has 1 aliphatic heterocycles. The number of nitrogens with one attached hydrogen (secondary N) is 1. The normalized spacial score (nSPS) is 25.8. The summed E-state index contributed by atoms with van der Waals surface area (Å²) in [4.78, 5) is 10.6. The van der Waals surface area contributed by atoms with Crippen molar-refractivity contribution in [2.75, 3.05) is 11.9 Å². The number of nitrogens with zero attached hydrogens (tertiary/aromatic N) is 2.